The zero-order valence-electron chi connectivity index (χ0n) is 14.0. The Bertz CT molecular complexity index is 683. The van der Waals surface area contributed by atoms with Crippen LogP contribution in [0.5, 0.6) is 0 Å². The SMILES string of the molecule is CCc1ccccc1C(=O)O.CNCCc1ccccc1C(=O)O. The normalized spacial score (nSPS) is 9.75. The minimum Gasteiger partial charge on any atom is -0.478 e. The number of carboxylic acids is 2. The third-order valence-corrected chi connectivity index (χ3v) is 3.52. The molecule has 0 radical (unpaired) electrons. The van der Waals surface area contributed by atoms with Crippen LogP contribution < -0.4 is 5.32 Å². The first-order valence-corrected chi connectivity index (χ1v) is 7.78. The summed E-state index contributed by atoms with van der Waals surface area (Å²) < 4.78 is 0. The van der Waals surface area contributed by atoms with Gasteiger partial charge in [-0.05, 0) is 49.7 Å². The number of aromatic carboxylic acids is 2. The Morgan fingerprint density at radius 3 is 1.75 bits per heavy atom. The summed E-state index contributed by atoms with van der Waals surface area (Å²) in [6.07, 6.45) is 1.52. The van der Waals surface area contributed by atoms with Crippen LogP contribution in [0.4, 0.5) is 0 Å². The number of rotatable bonds is 6. The number of hydrogen-bond donors (Lipinski definition) is 3. The molecule has 0 spiro atoms. The van der Waals surface area contributed by atoms with E-state index in [9.17, 15) is 9.59 Å². The molecular weight excluding hydrogens is 306 g/mol. The molecule has 24 heavy (non-hydrogen) atoms. The van der Waals surface area contributed by atoms with E-state index in [1.165, 1.54) is 0 Å². The summed E-state index contributed by atoms with van der Waals surface area (Å²) in [4.78, 5) is 21.3. The molecule has 0 unspecified atom stereocenters. The molecule has 0 heterocycles. The molecule has 2 rings (SSSR count). The molecule has 0 aliphatic heterocycles. The zero-order chi connectivity index (χ0) is 17.9. The van der Waals surface area contributed by atoms with E-state index >= 15 is 0 Å². The maximum atomic E-state index is 10.8. The molecule has 3 N–H and O–H groups in total. The van der Waals surface area contributed by atoms with E-state index in [4.69, 9.17) is 10.2 Å². The average Bonchev–Trinajstić information content (AvgIpc) is 2.60. The molecule has 0 aliphatic carbocycles. The summed E-state index contributed by atoms with van der Waals surface area (Å²) in [7, 11) is 1.85. The van der Waals surface area contributed by atoms with Gasteiger partial charge in [0, 0.05) is 0 Å². The second-order valence-corrected chi connectivity index (χ2v) is 5.13. The molecule has 0 saturated heterocycles. The van der Waals surface area contributed by atoms with E-state index in [-0.39, 0.29) is 0 Å². The molecule has 0 atom stereocenters. The topological polar surface area (TPSA) is 86.6 Å². The molecule has 5 heteroatoms. The van der Waals surface area contributed by atoms with Crippen LogP contribution >= 0.6 is 0 Å². The van der Waals surface area contributed by atoms with Crippen LogP contribution in [0.25, 0.3) is 0 Å². The first-order chi connectivity index (χ1) is 11.5. The van der Waals surface area contributed by atoms with Crippen LogP contribution in [0.2, 0.25) is 0 Å². The second kappa shape index (κ2) is 10.2. The molecule has 0 bridgehead atoms. The maximum absolute atomic E-state index is 10.8. The van der Waals surface area contributed by atoms with Crippen molar-refractivity contribution in [2.24, 2.45) is 0 Å². The van der Waals surface area contributed by atoms with Crippen molar-refractivity contribution in [1.82, 2.24) is 5.32 Å². The van der Waals surface area contributed by atoms with Gasteiger partial charge in [-0.3, -0.25) is 0 Å². The van der Waals surface area contributed by atoms with Crippen molar-refractivity contribution in [3.8, 4) is 0 Å². The summed E-state index contributed by atoms with van der Waals surface area (Å²) in [6, 6.07) is 14.1. The Balaban J connectivity index is 0.000000243. The number of benzene rings is 2. The molecule has 0 aromatic heterocycles. The molecule has 0 amide bonds. The highest BCUT2D eigenvalue weighted by molar-refractivity contribution is 5.89. The fourth-order valence-electron chi connectivity index (χ4n) is 2.24. The average molecular weight is 329 g/mol. The third kappa shape index (κ3) is 5.85. The minimum absolute atomic E-state index is 0.401. The summed E-state index contributed by atoms with van der Waals surface area (Å²) in [5.41, 5.74) is 2.58. The lowest BCUT2D eigenvalue weighted by Crippen LogP contribution is -2.12. The highest BCUT2D eigenvalue weighted by atomic mass is 16.4. The highest BCUT2D eigenvalue weighted by Gasteiger charge is 2.07. The zero-order valence-corrected chi connectivity index (χ0v) is 14.0. The van der Waals surface area contributed by atoms with E-state index in [2.05, 4.69) is 5.32 Å². The fourth-order valence-corrected chi connectivity index (χ4v) is 2.24. The Morgan fingerprint density at radius 2 is 1.33 bits per heavy atom. The van der Waals surface area contributed by atoms with Crippen LogP contribution in [-0.4, -0.2) is 35.7 Å². The predicted molar refractivity (Wildman–Crippen MR) is 93.8 cm³/mol. The van der Waals surface area contributed by atoms with E-state index in [0.29, 0.717) is 11.1 Å². The van der Waals surface area contributed by atoms with E-state index in [1.54, 1.807) is 24.3 Å². The Kier molecular flexibility index (Phi) is 8.22. The fraction of sp³-hybridized carbons (Fsp3) is 0.263. The van der Waals surface area contributed by atoms with Gasteiger partial charge in [0.1, 0.15) is 0 Å². The smallest absolute Gasteiger partial charge is 0.335 e. The molecule has 0 aliphatic rings. The standard InChI is InChI=1S/C10H13NO2.C9H10O2/c1-11-7-6-8-4-2-3-5-9(8)10(12)13;1-2-7-5-3-4-6-8(7)9(10)11/h2-5,11H,6-7H2,1H3,(H,12,13);3-6H,2H2,1H3,(H,10,11). The lowest BCUT2D eigenvalue weighted by Gasteiger charge is -2.04. The number of nitrogens with one attached hydrogen (secondary N) is 1. The van der Waals surface area contributed by atoms with Gasteiger partial charge >= 0.3 is 11.9 Å². The van der Waals surface area contributed by atoms with E-state index in [0.717, 1.165) is 30.5 Å². The molecule has 2 aromatic carbocycles. The summed E-state index contributed by atoms with van der Waals surface area (Å²) >= 11 is 0. The first kappa shape index (κ1) is 19.4. The highest BCUT2D eigenvalue weighted by Crippen LogP contribution is 2.09. The van der Waals surface area contributed by atoms with Crippen molar-refractivity contribution in [1.29, 1.82) is 0 Å². The van der Waals surface area contributed by atoms with Gasteiger partial charge in [0.2, 0.25) is 0 Å². The Hall–Kier alpha value is -2.66. The summed E-state index contributed by atoms with van der Waals surface area (Å²) in [5, 5.41) is 20.5. The van der Waals surface area contributed by atoms with Crippen molar-refractivity contribution in [3.63, 3.8) is 0 Å². The van der Waals surface area contributed by atoms with Crippen LogP contribution in [-0.2, 0) is 12.8 Å². The number of likely N-dealkylation sites (N-methyl/N-ethyl adjacent to an activating group) is 1. The van der Waals surface area contributed by atoms with Crippen molar-refractivity contribution < 1.29 is 19.8 Å². The van der Waals surface area contributed by atoms with Crippen molar-refractivity contribution in [2.75, 3.05) is 13.6 Å². The van der Waals surface area contributed by atoms with Crippen LogP contribution in [0.15, 0.2) is 48.5 Å². The van der Waals surface area contributed by atoms with Gasteiger partial charge < -0.3 is 15.5 Å². The summed E-state index contributed by atoms with van der Waals surface area (Å²) in [5.74, 6) is -1.70. The van der Waals surface area contributed by atoms with Gasteiger partial charge in [-0.1, -0.05) is 43.3 Å². The van der Waals surface area contributed by atoms with Gasteiger partial charge in [-0.25, -0.2) is 9.59 Å². The first-order valence-electron chi connectivity index (χ1n) is 7.78. The molecular formula is C19H23NO4. The number of carbonyl (C=O) groups is 2. The van der Waals surface area contributed by atoms with Crippen LogP contribution in [0.1, 0.15) is 38.8 Å². The maximum Gasteiger partial charge on any atom is 0.335 e. The van der Waals surface area contributed by atoms with Crippen LogP contribution in [0.3, 0.4) is 0 Å². The lowest BCUT2D eigenvalue weighted by atomic mass is 10.1. The van der Waals surface area contributed by atoms with Gasteiger partial charge in [0.15, 0.2) is 0 Å². The van der Waals surface area contributed by atoms with Gasteiger partial charge in [0.25, 0.3) is 0 Å². The second-order valence-electron chi connectivity index (χ2n) is 5.13. The molecule has 2 aromatic rings. The molecule has 128 valence electrons. The van der Waals surface area contributed by atoms with E-state index < -0.39 is 11.9 Å². The number of carboxylic acid groups (broad SMARTS) is 2. The summed E-state index contributed by atoms with van der Waals surface area (Å²) in [6.45, 7) is 2.74. The largest absolute Gasteiger partial charge is 0.478 e. The Morgan fingerprint density at radius 1 is 0.875 bits per heavy atom. The lowest BCUT2D eigenvalue weighted by molar-refractivity contribution is 0.0685. The quantitative estimate of drug-likeness (QED) is 0.758. The predicted octanol–water partition coefficient (Wildman–Crippen LogP) is 3.09. The van der Waals surface area contributed by atoms with Gasteiger partial charge in [-0.2, -0.15) is 0 Å². The van der Waals surface area contributed by atoms with Crippen molar-refractivity contribution >= 4 is 11.9 Å². The monoisotopic (exact) mass is 329 g/mol. The van der Waals surface area contributed by atoms with E-state index in [1.807, 2.05) is 38.2 Å². The minimum atomic E-state index is -0.855. The van der Waals surface area contributed by atoms with Crippen molar-refractivity contribution in [2.45, 2.75) is 19.8 Å². The number of aryl methyl sites for hydroxylation is 1. The molecule has 5 nitrogen and oxygen atoms in total. The Labute approximate surface area is 142 Å². The van der Waals surface area contributed by atoms with Crippen LogP contribution in [0, 0.1) is 0 Å². The number of hydrogen-bond acceptors (Lipinski definition) is 3. The van der Waals surface area contributed by atoms with Gasteiger partial charge in [-0.15, -0.1) is 0 Å². The molecule has 0 fully saturated rings. The molecule has 0 saturated carbocycles. The van der Waals surface area contributed by atoms with Crippen molar-refractivity contribution in [3.05, 3.63) is 70.8 Å². The third-order valence-electron chi connectivity index (χ3n) is 3.52. The van der Waals surface area contributed by atoms with Gasteiger partial charge in [0.05, 0.1) is 11.1 Å².